The van der Waals surface area contributed by atoms with Gasteiger partial charge in [-0.3, -0.25) is 4.79 Å². The summed E-state index contributed by atoms with van der Waals surface area (Å²) in [5.74, 6) is -0.429. The third kappa shape index (κ3) is 2.71. The first-order valence-corrected chi connectivity index (χ1v) is 6.89. The summed E-state index contributed by atoms with van der Waals surface area (Å²) in [4.78, 5) is 38.5. The number of likely N-dealkylation sites (tertiary alicyclic amines) is 2. The predicted octanol–water partition coefficient (Wildman–Crippen LogP) is 0.381. The fourth-order valence-corrected chi connectivity index (χ4v) is 2.88. The molecule has 2 atom stereocenters. The number of hydrogen-bond donors (Lipinski definition) is 0. The maximum absolute atomic E-state index is 12.0. The highest BCUT2D eigenvalue weighted by Gasteiger charge is 2.43. The van der Waals surface area contributed by atoms with Crippen LogP contribution >= 0.6 is 0 Å². The SMILES string of the molecule is CCOC(=O)N1CCC(N2C(=O)CCC2C(=O)OC)C1. The van der Waals surface area contributed by atoms with Crippen molar-refractivity contribution in [2.75, 3.05) is 26.8 Å². The van der Waals surface area contributed by atoms with Crippen LogP contribution in [-0.4, -0.2) is 66.7 Å². The van der Waals surface area contributed by atoms with Gasteiger partial charge in [0.05, 0.1) is 19.8 Å². The first kappa shape index (κ1) is 14.6. The van der Waals surface area contributed by atoms with Gasteiger partial charge >= 0.3 is 12.1 Å². The highest BCUT2D eigenvalue weighted by atomic mass is 16.6. The Balaban J connectivity index is 2.02. The molecule has 2 unspecified atom stereocenters. The molecule has 2 fully saturated rings. The lowest BCUT2D eigenvalue weighted by Gasteiger charge is -2.29. The summed E-state index contributed by atoms with van der Waals surface area (Å²) < 4.78 is 9.70. The van der Waals surface area contributed by atoms with Crippen molar-refractivity contribution in [2.45, 2.75) is 38.3 Å². The van der Waals surface area contributed by atoms with Crippen LogP contribution in [0.1, 0.15) is 26.2 Å². The van der Waals surface area contributed by atoms with Crippen LogP contribution in [0, 0.1) is 0 Å². The highest BCUT2D eigenvalue weighted by Crippen LogP contribution is 2.27. The molecule has 2 aliphatic rings. The Morgan fingerprint density at radius 2 is 2.10 bits per heavy atom. The first-order chi connectivity index (χ1) is 9.58. The lowest BCUT2D eigenvalue weighted by atomic mass is 10.1. The van der Waals surface area contributed by atoms with Gasteiger partial charge in [-0.1, -0.05) is 0 Å². The number of hydrogen-bond acceptors (Lipinski definition) is 5. The molecule has 0 bridgehead atoms. The molecule has 7 heteroatoms. The second-order valence-electron chi connectivity index (χ2n) is 4.97. The smallest absolute Gasteiger partial charge is 0.409 e. The molecular formula is C13H20N2O5. The predicted molar refractivity (Wildman–Crippen MR) is 68.9 cm³/mol. The largest absolute Gasteiger partial charge is 0.467 e. The van der Waals surface area contributed by atoms with Gasteiger partial charge < -0.3 is 19.3 Å². The van der Waals surface area contributed by atoms with E-state index in [-0.39, 0.29) is 24.0 Å². The van der Waals surface area contributed by atoms with Gasteiger partial charge in [0.15, 0.2) is 0 Å². The zero-order chi connectivity index (χ0) is 14.7. The second-order valence-corrected chi connectivity index (χ2v) is 4.97. The Bertz CT molecular complexity index is 412. The molecule has 0 aromatic rings. The zero-order valence-corrected chi connectivity index (χ0v) is 11.8. The van der Waals surface area contributed by atoms with Crippen molar-refractivity contribution in [3.05, 3.63) is 0 Å². The molecule has 112 valence electrons. The fraction of sp³-hybridized carbons (Fsp3) is 0.769. The molecule has 0 N–H and O–H groups in total. The molecular weight excluding hydrogens is 264 g/mol. The Kier molecular flexibility index (Phi) is 4.46. The molecule has 20 heavy (non-hydrogen) atoms. The number of carbonyl (C=O) groups is 3. The van der Waals surface area contributed by atoms with Crippen LogP contribution in [0.15, 0.2) is 0 Å². The van der Waals surface area contributed by atoms with Gasteiger partial charge in [-0.25, -0.2) is 9.59 Å². The third-order valence-electron chi connectivity index (χ3n) is 3.81. The van der Waals surface area contributed by atoms with E-state index < -0.39 is 6.04 Å². The van der Waals surface area contributed by atoms with Gasteiger partial charge in [0, 0.05) is 19.5 Å². The van der Waals surface area contributed by atoms with Crippen LogP contribution in [0.5, 0.6) is 0 Å². The monoisotopic (exact) mass is 284 g/mol. The minimum Gasteiger partial charge on any atom is -0.467 e. The third-order valence-corrected chi connectivity index (χ3v) is 3.81. The van der Waals surface area contributed by atoms with Crippen molar-refractivity contribution >= 4 is 18.0 Å². The molecule has 2 aliphatic heterocycles. The van der Waals surface area contributed by atoms with Gasteiger partial charge in [-0.05, 0) is 19.8 Å². The van der Waals surface area contributed by atoms with E-state index in [4.69, 9.17) is 9.47 Å². The summed E-state index contributed by atoms with van der Waals surface area (Å²) in [6.07, 6.45) is 1.14. The fourth-order valence-electron chi connectivity index (χ4n) is 2.88. The van der Waals surface area contributed by atoms with Gasteiger partial charge in [0.1, 0.15) is 6.04 Å². The van der Waals surface area contributed by atoms with Crippen LogP contribution < -0.4 is 0 Å². The van der Waals surface area contributed by atoms with E-state index in [1.54, 1.807) is 16.7 Å². The average Bonchev–Trinajstić information content (AvgIpc) is 3.04. The van der Waals surface area contributed by atoms with E-state index in [2.05, 4.69) is 0 Å². The number of ether oxygens (including phenoxy) is 2. The highest BCUT2D eigenvalue weighted by molar-refractivity contribution is 5.88. The Hall–Kier alpha value is -1.79. The number of nitrogens with zero attached hydrogens (tertiary/aromatic N) is 2. The number of carbonyl (C=O) groups excluding carboxylic acids is 3. The topological polar surface area (TPSA) is 76.2 Å². The minimum atomic E-state index is -0.514. The maximum Gasteiger partial charge on any atom is 0.409 e. The van der Waals surface area contributed by atoms with E-state index in [9.17, 15) is 14.4 Å². The van der Waals surface area contributed by atoms with Gasteiger partial charge in [-0.2, -0.15) is 0 Å². The van der Waals surface area contributed by atoms with Crippen molar-refractivity contribution < 1.29 is 23.9 Å². The first-order valence-electron chi connectivity index (χ1n) is 6.89. The summed E-state index contributed by atoms with van der Waals surface area (Å²) in [6.45, 7) is 3.04. The van der Waals surface area contributed by atoms with Crippen molar-refractivity contribution in [3.8, 4) is 0 Å². The van der Waals surface area contributed by atoms with Crippen molar-refractivity contribution in [1.29, 1.82) is 0 Å². The van der Waals surface area contributed by atoms with Gasteiger partial charge in [-0.15, -0.1) is 0 Å². The molecule has 0 aliphatic carbocycles. The summed E-state index contributed by atoms with van der Waals surface area (Å²) in [6, 6.07) is -0.641. The summed E-state index contributed by atoms with van der Waals surface area (Å²) in [5.41, 5.74) is 0. The number of esters is 1. The lowest BCUT2D eigenvalue weighted by Crippen LogP contribution is -2.47. The second kappa shape index (κ2) is 6.11. The summed E-state index contributed by atoms with van der Waals surface area (Å²) in [5, 5.41) is 0. The summed E-state index contributed by atoms with van der Waals surface area (Å²) in [7, 11) is 1.32. The van der Waals surface area contributed by atoms with Crippen LogP contribution in [0.25, 0.3) is 0 Å². The number of methoxy groups -OCH3 is 1. The van der Waals surface area contributed by atoms with Crippen molar-refractivity contribution in [1.82, 2.24) is 9.80 Å². The summed E-state index contributed by atoms with van der Waals surface area (Å²) >= 11 is 0. The molecule has 0 radical (unpaired) electrons. The molecule has 0 saturated carbocycles. The van der Waals surface area contributed by atoms with Crippen LogP contribution in [0.2, 0.25) is 0 Å². The van der Waals surface area contributed by atoms with Crippen molar-refractivity contribution in [3.63, 3.8) is 0 Å². The van der Waals surface area contributed by atoms with E-state index in [0.29, 0.717) is 39.0 Å². The normalized spacial score (nSPS) is 26.0. The van der Waals surface area contributed by atoms with Gasteiger partial charge in [0.2, 0.25) is 5.91 Å². The lowest BCUT2D eigenvalue weighted by molar-refractivity contribution is -0.150. The van der Waals surface area contributed by atoms with Crippen LogP contribution in [-0.2, 0) is 19.1 Å². The molecule has 0 spiro atoms. The molecule has 2 rings (SSSR count). The molecule has 2 heterocycles. The molecule has 2 saturated heterocycles. The Morgan fingerprint density at radius 3 is 2.75 bits per heavy atom. The number of amides is 2. The van der Waals surface area contributed by atoms with Crippen LogP contribution in [0.3, 0.4) is 0 Å². The van der Waals surface area contributed by atoms with E-state index >= 15 is 0 Å². The zero-order valence-electron chi connectivity index (χ0n) is 11.8. The van der Waals surface area contributed by atoms with Crippen LogP contribution in [0.4, 0.5) is 4.79 Å². The Labute approximate surface area is 117 Å². The molecule has 0 aromatic carbocycles. The molecule has 7 nitrogen and oxygen atoms in total. The van der Waals surface area contributed by atoms with E-state index in [1.807, 2.05) is 0 Å². The quantitative estimate of drug-likeness (QED) is 0.700. The van der Waals surface area contributed by atoms with E-state index in [0.717, 1.165) is 0 Å². The maximum atomic E-state index is 12.0. The Morgan fingerprint density at radius 1 is 1.35 bits per heavy atom. The van der Waals surface area contributed by atoms with E-state index in [1.165, 1.54) is 7.11 Å². The average molecular weight is 284 g/mol. The van der Waals surface area contributed by atoms with Crippen molar-refractivity contribution in [2.24, 2.45) is 0 Å². The number of rotatable bonds is 3. The minimum absolute atomic E-state index is 0.0453. The molecule has 2 amide bonds. The molecule has 0 aromatic heterocycles. The standard InChI is InChI=1S/C13H20N2O5/c1-3-20-13(18)14-7-6-9(8-14)15-10(12(17)19-2)4-5-11(15)16/h9-10H,3-8H2,1-2H3. The van der Waals surface area contributed by atoms with Gasteiger partial charge in [0.25, 0.3) is 0 Å².